The second kappa shape index (κ2) is 6.67. The van der Waals surface area contributed by atoms with E-state index in [0.717, 1.165) is 0 Å². The zero-order valence-corrected chi connectivity index (χ0v) is 12.7. The molecule has 0 heterocycles. The fourth-order valence-electron chi connectivity index (χ4n) is 1.82. The third-order valence-electron chi connectivity index (χ3n) is 3.28. The van der Waals surface area contributed by atoms with E-state index in [9.17, 15) is 14.9 Å². The van der Waals surface area contributed by atoms with Crippen LogP contribution in [0.2, 0.25) is 0 Å². The highest BCUT2D eigenvalue weighted by Gasteiger charge is 2.37. The van der Waals surface area contributed by atoms with E-state index in [1.807, 2.05) is 0 Å². The lowest BCUT2D eigenvalue weighted by Gasteiger charge is -2.28. The molecule has 0 aliphatic heterocycles. The Morgan fingerprint density at radius 2 is 2.00 bits per heavy atom. The van der Waals surface area contributed by atoms with Gasteiger partial charge in [0.05, 0.1) is 17.4 Å². The van der Waals surface area contributed by atoms with Crippen molar-refractivity contribution in [1.29, 1.82) is 0 Å². The van der Waals surface area contributed by atoms with E-state index < -0.39 is 22.3 Å². The van der Waals surface area contributed by atoms with E-state index in [1.54, 1.807) is 32.9 Å². The molecule has 0 radical (unpaired) electrons. The number of nitro groups is 1. The van der Waals surface area contributed by atoms with Crippen molar-refractivity contribution in [2.75, 3.05) is 7.11 Å². The molecule has 0 saturated heterocycles. The minimum Gasteiger partial charge on any atom is -0.469 e. The summed E-state index contributed by atoms with van der Waals surface area (Å²) in [5.74, 6) is -0.455. The summed E-state index contributed by atoms with van der Waals surface area (Å²) < 4.78 is 4.71. The number of methoxy groups -OCH3 is 1. The van der Waals surface area contributed by atoms with Gasteiger partial charge in [0, 0.05) is 17.7 Å². The molecule has 2 N–H and O–H groups in total. The smallest absolute Gasteiger partial charge is 0.313 e. The molecule has 0 aromatic heterocycles. The maximum Gasteiger partial charge on any atom is 0.313 e. The van der Waals surface area contributed by atoms with E-state index in [1.165, 1.54) is 13.2 Å². The normalized spacial score (nSPS) is 12.2. The third kappa shape index (κ3) is 3.46. The molecule has 0 amide bonds. The molecule has 6 nitrogen and oxygen atoms in total. The van der Waals surface area contributed by atoms with Crippen LogP contribution in [0.25, 0.3) is 0 Å². The number of ether oxygens (including phenoxy) is 1. The van der Waals surface area contributed by atoms with Crippen LogP contribution < -0.4 is 5.73 Å². The van der Waals surface area contributed by atoms with Crippen LogP contribution in [0.5, 0.6) is 0 Å². The highest BCUT2D eigenvalue weighted by molar-refractivity contribution is 5.85. The largest absolute Gasteiger partial charge is 0.469 e. The number of esters is 1. The highest BCUT2D eigenvalue weighted by atomic mass is 35.5. The molecule has 0 fully saturated rings. The van der Waals surface area contributed by atoms with Gasteiger partial charge in [0.15, 0.2) is 0 Å². The Labute approximate surface area is 123 Å². The van der Waals surface area contributed by atoms with Crippen LogP contribution in [-0.4, -0.2) is 18.0 Å². The molecule has 0 saturated carbocycles. The van der Waals surface area contributed by atoms with Crippen LogP contribution in [0.15, 0.2) is 18.2 Å². The van der Waals surface area contributed by atoms with E-state index in [-0.39, 0.29) is 18.1 Å². The van der Waals surface area contributed by atoms with Crippen molar-refractivity contribution in [3.63, 3.8) is 0 Å². The first-order valence-electron chi connectivity index (χ1n) is 5.80. The molecule has 0 aliphatic carbocycles. The quantitative estimate of drug-likeness (QED) is 0.524. The van der Waals surface area contributed by atoms with Crippen LogP contribution in [0, 0.1) is 22.5 Å². The van der Waals surface area contributed by atoms with Crippen molar-refractivity contribution < 1.29 is 14.5 Å². The minimum atomic E-state index is -0.960. The number of carbonyl (C=O) groups is 1. The Bertz CT molecular complexity index is 517. The summed E-state index contributed by atoms with van der Waals surface area (Å²) in [6.45, 7) is 4.95. The molecule has 0 spiro atoms. The number of hydrogen-bond acceptors (Lipinski definition) is 5. The summed E-state index contributed by atoms with van der Waals surface area (Å²) in [7, 11) is 1.29. The molecule has 1 aromatic carbocycles. The monoisotopic (exact) mass is 302 g/mol. The number of nitrogens with two attached hydrogens (primary N) is 1. The standard InChI is InChI=1S/C13H18N2O4.ClH/c1-8-5-6-9(7-10(8)15(17)18)11(14)13(2,3)12(16)19-4;/h5-7,11H,14H2,1-4H3;1H/t11-;/m1./s1. The third-order valence-corrected chi connectivity index (χ3v) is 3.28. The van der Waals surface area contributed by atoms with Crippen LogP contribution in [0.1, 0.15) is 31.0 Å². The predicted octanol–water partition coefficient (Wildman–Crippen LogP) is 2.52. The predicted molar refractivity (Wildman–Crippen MR) is 77.8 cm³/mol. The molecule has 1 aromatic rings. The lowest BCUT2D eigenvalue weighted by molar-refractivity contribution is -0.385. The molecule has 0 unspecified atom stereocenters. The van der Waals surface area contributed by atoms with E-state index in [4.69, 9.17) is 10.5 Å². The van der Waals surface area contributed by atoms with E-state index in [0.29, 0.717) is 11.1 Å². The average Bonchev–Trinajstić information content (AvgIpc) is 2.36. The molecule has 1 rings (SSSR count). The number of nitrogens with zero attached hydrogens (tertiary/aromatic N) is 1. The molecular weight excluding hydrogens is 284 g/mol. The molecule has 20 heavy (non-hydrogen) atoms. The minimum absolute atomic E-state index is 0. The summed E-state index contributed by atoms with van der Waals surface area (Å²) in [6.07, 6.45) is 0. The van der Waals surface area contributed by atoms with Gasteiger partial charge in [-0.1, -0.05) is 12.1 Å². The maximum atomic E-state index is 11.7. The fraction of sp³-hybridized carbons (Fsp3) is 0.462. The summed E-state index contributed by atoms with van der Waals surface area (Å²) >= 11 is 0. The van der Waals surface area contributed by atoms with Gasteiger partial charge in [-0.3, -0.25) is 14.9 Å². The molecule has 1 atom stereocenters. The lowest BCUT2D eigenvalue weighted by Crippen LogP contribution is -2.37. The van der Waals surface area contributed by atoms with Gasteiger partial charge >= 0.3 is 5.97 Å². The lowest BCUT2D eigenvalue weighted by atomic mass is 9.80. The zero-order chi connectivity index (χ0) is 14.8. The second-order valence-corrected chi connectivity index (χ2v) is 4.99. The zero-order valence-electron chi connectivity index (χ0n) is 11.9. The van der Waals surface area contributed by atoms with Gasteiger partial charge in [0.25, 0.3) is 5.69 Å². The second-order valence-electron chi connectivity index (χ2n) is 4.99. The molecule has 7 heteroatoms. The van der Waals surface area contributed by atoms with Gasteiger partial charge < -0.3 is 10.5 Å². The van der Waals surface area contributed by atoms with Crippen molar-refractivity contribution in [3.8, 4) is 0 Å². The van der Waals surface area contributed by atoms with E-state index in [2.05, 4.69) is 0 Å². The van der Waals surface area contributed by atoms with Crippen molar-refractivity contribution in [2.24, 2.45) is 11.1 Å². The summed E-state index contributed by atoms with van der Waals surface area (Å²) in [6, 6.07) is 4.04. The van der Waals surface area contributed by atoms with Gasteiger partial charge in [0.2, 0.25) is 0 Å². The Hall–Kier alpha value is -1.66. The molecular formula is C13H19ClN2O4. The summed E-state index contributed by atoms with van der Waals surface area (Å²) in [5.41, 5.74) is 6.17. The summed E-state index contributed by atoms with van der Waals surface area (Å²) in [5, 5.41) is 10.9. The first kappa shape index (κ1) is 18.3. The Morgan fingerprint density at radius 3 is 2.45 bits per heavy atom. The number of rotatable bonds is 4. The SMILES string of the molecule is COC(=O)C(C)(C)[C@H](N)c1ccc(C)c([N+](=O)[O-])c1.Cl. The van der Waals surface area contributed by atoms with Crippen LogP contribution in [0.4, 0.5) is 5.69 Å². The highest BCUT2D eigenvalue weighted by Crippen LogP contribution is 2.34. The van der Waals surface area contributed by atoms with Gasteiger partial charge in [-0.15, -0.1) is 12.4 Å². The number of benzene rings is 1. The maximum absolute atomic E-state index is 11.7. The molecule has 112 valence electrons. The molecule has 0 bridgehead atoms. The Balaban J connectivity index is 0.00000361. The summed E-state index contributed by atoms with van der Waals surface area (Å²) in [4.78, 5) is 22.1. The van der Waals surface area contributed by atoms with Crippen molar-refractivity contribution in [2.45, 2.75) is 26.8 Å². The average molecular weight is 303 g/mol. The van der Waals surface area contributed by atoms with Crippen LogP contribution >= 0.6 is 12.4 Å². The van der Waals surface area contributed by atoms with Gasteiger partial charge in [-0.25, -0.2) is 0 Å². The molecule has 0 aliphatic rings. The van der Waals surface area contributed by atoms with Crippen molar-refractivity contribution >= 4 is 24.1 Å². The van der Waals surface area contributed by atoms with Gasteiger partial charge in [-0.05, 0) is 26.3 Å². The Morgan fingerprint density at radius 1 is 1.45 bits per heavy atom. The van der Waals surface area contributed by atoms with Gasteiger partial charge in [-0.2, -0.15) is 0 Å². The fourth-order valence-corrected chi connectivity index (χ4v) is 1.82. The van der Waals surface area contributed by atoms with Gasteiger partial charge in [0.1, 0.15) is 0 Å². The first-order valence-corrected chi connectivity index (χ1v) is 5.80. The first-order chi connectivity index (χ1) is 8.71. The number of hydrogen-bond donors (Lipinski definition) is 1. The van der Waals surface area contributed by atoms with Crippen molar-refractivity contribution in [1.82, 2.24) is 0 Å². The Kier molecular flexibility index (Phi) is 6.12. The topological polar surface area (TPSA) is 95.5 Å². The van der Waals surface area contributed by atoms with Crippen molar-refractivity contribution in [3.05, 3.63) is 39.4 Å². The number of aryl methyl sites for hydroxylation is 1. The number of halogens is 1. The number of carbonyl (C=O) groups excluding carboxylic acids is 1. The number of nitro benzene ring substituents is 1. The van der Waals surface area contributed by atoms with E-state index >= 15 is 0 Å². The van der Waals surface area contributed by atoms with Crippen LogP contribution in [-0.2, 0) is 9.53 Å². The van der Waals surface area contributed by atoms with Crippen LogP contribution in [0.3, 0.4) is 0 Å².